The van der Waals surface area contributed by atoms with Crippen LogP contribution >= 0.6 is 0 Å². The molecule has 0 spiro atoms. The van der Waals surface area contributed by atoms with Crippen molar-refractivity contribution in [2.24, 2.45) is 10.8 Å². The normalized spacial score (nSPS) is 10.6. The molecular formula is C12H11N3O2. The molecule has 17 heavy (non-hydrogen) atoms. The number of hydrazone groups is 1. The standard InChI is InChI=1S/C12H11N3O2/c13-12(16)15-14-8-10-6-7-11(17-10)9-4-2-1-3-5-9/h1-8H,(H3,13,15,16). The lowest BCUT2D eigenvalue weighted by Gasteiger charge is -1.94. The van der Waals surface area contributed by atoms with Gasteiger partial charge in [-0.2, -0.15) is 5.10 Å². The number of nitrogens with one attached hydrogen (secondary N) is 1. The van der Waals surface area contributed by atoms with Crippen LogP contribution in [0.2, 0.25) is 0 Å². The largest absolute Gasteiger partial charge is 0.455 e. The summed E-state index contributed by atoms with van der Waals surface area (Å²) in [5.74, 6) is 1.28. The number of hydrogen-bond donors (Lipinski definition) is 2. The monoisotopic (exact) mass is 229 g/mol. The van der Waals surface area contributed by atoms with Gasteiger partial charge in [-0.05, 0) is 12.1 Å². The van der Waals surface area contributed by atoms with E-state index >= 15 is 0 Å². The van der Waals surface area contributed by atoms with Gasteiger partial charge in [-0.3, -0.25) is 0 Å². The van der Waals surface area contributed by atoms with Gasteiger partial charge in [0.15, 0.2) is 0 Å². The Labute approximate surface area is 97.9 Å². The molecule has 1 aromatic carbocycles. The second-order valence-corrected chi connectivity index (χ2v) is 3.30. The van der Waals surface area contributed by atoms with Crippen LogP contribution in [0.5, 0.6) is 0 Å². The lowest BCUT2D eigenvalue weighted by Crippen LogP contribution is -2.24. The predicted molar refractivity (Wildman–Crippen MR) is 64.5 cm³/mol. The topological polar surface area (TPSA) is 80.6 Å². The molecule has 2 rings (SSSR count). The lowest BCUT2D eigenvalue weighted by atomic mass is 10.2. The van der Waals surface area contributed by atoms with Gasteiger partial charge in [-0.25, -0.2) is 10.2 Å². The summed E-state index contributed by atoms with van der Waals surface area (Å²) in [6, 6.07) is 12.6. The average Bonchev–Trinajstić information content (AvgIpc) is 2.78. The molecule has 0 radical (unpaired) electrons. The third kappa shape index (κ3) is 2.94. The number of furan rings is 1. The fourth-order valence-corrected chi connectivity index (χ4v) is 1.34. The zero-order chi connectivity index (χ0) is 12.1. The molecule has 0 aliphatic heterocycles. The van der Waals surface area contributed by atoms with Crippen molar-refractivity contribution in [2.45, 2.75) is 0 Å². The molecule has 0 saturated heterocycles. The zero-order valence-electron chi connectivity index (χ0n) is 8.96. The highest BCUT2D eigenvalue weighted by atomic mass is 16.3. The first-order valence-corrected chi connectivity index (χ1v) is 4.99. The second kappa shape index (κ2) is 4.98. The van der Waals surface area contributed by atoms with Gasteiger partial charge >= 0.3 is 6.03 Å². The van der Waals surface area contributed by atoms with E-state index in [1.807, 2.05) is 36.4 Å². The average molecular weight is 229 g/mol. The SMILES string of the molecule is NC(=O)NN=Cc1ccc(-c2ccccc2)o1. The lowest BCUT2D eigenvalue weighted by molar-refractivity contribution is 0.249. The van der Waals surface area contributed by atoms with E-state index in [4.69, 9.17) is 10.2 Å². The van der Waals surface area contributed by atoms with E-state index in [0.717, 1.165) is 11.3 Å². The van der Waals surface area contributed by atoms with E-state index in [1.54, 1.807) is 6.07 Å². The summed E-state index contributed by atoms with van der Waals surface area (Å²) in [4.78, 5) is 10.4. The van der Waals surface area contributed by atoms with Gasteiger partial charge < -0.3 is 10.2 Å². The highest BCUT2D eigenvalue weighted by Gasteiger charge is 2.01. The van der Waals surface area contributed by atoms with Crippen LogP contribution in [0.1, 0.15) is 5.76 Å². The van der Waals surface area contributed by atoms with Crippen LogP contribution in [0.25, 0.3) is 11.3 Å². The fraction of sp³-hybridized carbons (Fsp3) is 0. The van der Waals surface area contributed by atoms with Gasteiger partial charge in [-0.15, -0.1) is 0 Å². The van der Waals surface area contributed by atoms with Gasteiger partial charge in [0.2, 0.25) is 0 Å². The minimum absolute atomic E-state index is 0.539. The predicted octanol–water partition coefficient (Wildman–Crippen LogP) is 1.95. The van der Waals surface area contributed by atoms with Crippen molar-refractivity contribution in [1.29, 1.82) is 0 Å². The third-order valence-electron chi connectivity index (χ3n) is 2.05. The molecule has 0 aliphatic carbocycles. The highest BCUT2D eigenvalue weighted by molar-refractivity contribution is 5.79. The Morgan fingerprint density at radius 1 is 1.24 bits per heavy atom. The van der Waals surface area contributed by atoms with E-state index in [2.05, 4.69) is 10.5 Å². The molecule has 0 aliphatic rings. The van der Waals surface area contributed by atoms with Gasteiger partial charge in [0.25, 0.3) is 0 Å². The smallest absolute Gasteiger partial charge is 0.332 e. The number of benzene rings is 1. The maximum absolute atomic E-state index is 10.4. The summed E-state index contributed by atoms with van der Waals surface area (Å²) in [5.41, 5.74) is 7.93. The van der Waals surface area contributed by atoms with Gasteiger partial charge in [-0.1, -0.05) is 30.3 Å². The molecular weight excluding hydrogens is 218 g/mol. The molecule has 0 fully saturated rings. The second-order valence-electron chi connectivity index (χ2n) is 3.30. The Balaban J connectivity index is 2.11. The maximum Gasteiger partial charge on any atom is 0.332 e. The van der Waals surface area contributed by atoms with Gasteiger partial charge in [0.05, 0.1) is 6.21 Å². The quantitative estimate of drug-likeness (QED) is 0.623. The Kier molecular flexibility index (Phi) is 3.20. The molecule has 0 unspecified atom stereocenters. The van der Waals surface area contributed by atoms with Gasteiger partial charge in [0, 0.05) is 5.56 Å². The van der Waals surface area contributed by atoms with Crippen molar-refractivity contribution in [3.8, 4) is 11.3 Å². The Morgan fingerprint density at radius 2 is 2.00 bits per heavy atom. The van der Waals surface area contributed by atoms with Crippen LogP contribution in [0.4, 0.5) is 4.79 Å². The number of urea groups is 1. The van der Waals surface area contributed by atoms with Crippen molar-refractivity contribution in [3.05, 3.63) is 48.2 Å². The molecule has 0 saturated carbocycles. The summed E-state index contributed by atoms with van der Waals surface area (Å²) in [5, 5.41) is 3.60. The molecule has 0 bridgehead atoms. The third-order valence-corrected chi connectivity index (χ3v) is 2.05. The van der Waals surface area contributed by atoms with Crippen LogP contribution < -0.4 is 11.2 Å². The Bertz CT molecular complexity index is 532. The Hall–Kier alpha value is -2.56. The minimum atomic E-state index is -0.712. The summed E-state index contributed by atoms with van der Waals surface area (Å²) in [6.45, 7) is 0. The molecule has 5 nitrogen and oxygen atoms in total. The van der Waals surface area contributed by atoms with Crippen molar-refractivity contribution < 1.29 is 9.21 Å². The first kappa shape index (κ1) is 10.9. The highest BCUT2D eigenvalue weighted by Crippen LogP contribution is 2.20. The van der Waals surface area contributed by atoms with E-state index in [9.17, 15) is 4.79 Å². The molecule has 0 atom stereocenters. The molecule has 2 aromatic rings. The number of rotatable bonds is 3. The molecule has 5 heteroatoms. The van der Waals surface area contributed by atoms with E-state index in [-0.39, 0.29) is 0 Å². The molecule has 1 heterocycles. The number of hydrogen-bond acceptors (Lipinski definition) is 3. The Morgan fingerprint density at radius 3 is 2.71 bits per heavy atom. The van der Waals surface area contributed by atoms with Crippen LogP contribution in [-0.4, -0.2) is 12.2 Å². The number of nitrogens with two attached hydrogens (primary N) is 1. The molecule has 3 N–H and O–H groups in total. The summed E-state index contributed by atoms with van der Waals surface area (Å²) in [6.07, 6.45) is 1.39. The van der Waals surface area contributed by atoms with Crippen LogP contribution in [0.3, 0.4) is 0 Å². The first-order chi connectivity index (χ1) is 8.25. The zero-order valence-corrected chi connectivity index (χ0v) is 8.96. The van der Waals surface area contributed by atoms with E-state index < -0.39 is 6.03 Å². The van der Waals surface area contributed by atoms with Crippen LogP contribution in [-0.2, 0) is 0 Å². The minimum Gasteiger partial charge on any atom is -0.455 e. The van der Waals surface area contributed by atoms with Crippen LogP contribution in [0.15, 0.2) is 52.0 Å². The number of carbonyl (C=O) groups excluding carboxylic acids is 1. The van der Waals surface area contributed by atoms with E-state index in [1.165, 1.54) is 6.21 Å². The van der Waals surface area contributed by atoms with Gasteiger partial charge in [0.1, 0.15) is 11.5 Å². The number of primary amides is 1. The molecule has 2 amide bonds. The summed E-state index contributed by atoms with van der Waals surface area (Å²) >= 11 is 0. The molecule has 1 aromatic heterocycles. The number of carbonyl (C=O) groups is 1. The summed E-state index contributed by atoms with van der Waals surface area (Å²) in [7, 11) is 0. The van der Waals surface area contributed by atoms with Crippen molar-refractivity contribution in [1.82, 2.24) is 5.43 Å². The fourth-order valence-electron chi connectivity index (χ4n) is 1.34. The van der Waals surface area contributed by atoms with Crippen molar-refractivity contribution in [2.75, 3.05) is 0 Å². The molecule has 86 valence electrons. The van der Waals surface area contributed by atoms with Crippen molar-refractivity contribution >= 4 is 12.2 Å². The summed E-state index contributed by atoms with van der Waals surface area (Å²) < 4.78 is 5.51. The van der Waals surface area contributed by atoms with Crippen molar-refractivity contribution in [3.63, 3.8) is 0 Å². The number of nitrogens with zero attached hydrogens (tertiary/aromatic N) is 1. The first-order valence-electron chi connectivity index (χ1n) is 4.99. The number of amides is 2. The maximum atomic E-state index is 10.4. The van der Waals surface area contributed by atoms with E-state index in [0.29, 0.717) is 5.76 Å². The van der Waals surface area contributed by atoms with Crippen LogP contribution in [0, 0.1) is 0 Å².